The minimum Gasteiger partial charge on any atom is -0.379 e. The molecule has 2 amide bonds. The van der Waals surface area contributed by atoms with E-state index in [0.29, 0.717) is 36.7 Å². The van der Waals surface area contributed by atoms with Crippen LogP contribution in [0.2, 0.25) is 0 Å². The molecule has 0 aromatic carbocycles. The molecule has 22 heavy (non-hydrogen) atoms. The molecule has 2 atom stereocenters. The first-order chi connectivity index (χ1) is 10.5. The highest BCUT2D eigenvalue weighted by Crippen LogP contribution is 2.43. The van der Waals surface area contributed by atoms with Gasteiger partial charge in [0, 0.05) is 18.4 Å². The van der Waals surface area contributed by atoms with E-state index in [1.54, 1.807) is 0 Å². The van der Waals surface area contributed by atoms with Crippen LogP contribution in [0.4, 0.5) is 4.79 Å². The quantitative estimate of drug-likeness (QED) is 0.915. The lowest BCUT2D eigenvalue weighted by atomic mass is 9.80. The van der Waals surface area contributed by atoms with Crippen LogP contribution in [0.25, 0.3) is 0 Å². The average Bonchev–Trinajstić information content (AvgIpc) is 2.95. The molecular formula is C15H22N4O3. The zero-order valence-corrected chi connectivity index (χ0v) is 13.0. The number of nitrogens with one attached hydrogen (secondary N) is 1. The maximum absolute atomic E-state index is 12.5. The van der Waals surface area contributed by atoms with Gasteiger partial charge in [-0.25, -0.2) is 4.79 Å². The van der Waals surface area contributed by atoms with E-state index >= 15 is 0 Å². The van der Waals surface area contributed by atoms with Gasteiger partial charge in [0.25, 0.3) is 0 Å². The largest absolute Gasteiger partial charge is 0.379 e. The Hall–Kier alpha value is -1.63. The third kappa shape index (κ3) is 2.37. The summed E-state index contributed by atoms with van der Waals surface area (Å²) in [4.78, 5) is 18.7. The number of aromatic nitrogens is 2. The Morgan fingerprint density at radius 2 is 2.23 bits per heavy atom. The van der Waals surface area contributed by atoms with Gasteiger partial charge in [-0.1, -0.05) is 19.0 Å². The van der Waals surface area contributed by atoms with Crippen LogP contribution < -0.4 is 5.32 Å². The Morgan fingerprint density at radius 3 is 3.00 bits per heavy atom. The van der Waals surface area contributed by atoms with Crippen LogP contribution >= 0.6 is 0 Å². The van der Waals surface area contributed by atoms with Crippen LogP contribution in [-0.2, 0) is 11.3 Å². The van der Waals surface area contributed by atoms with E-state index in [1.165, 1.54) is 0 Å². The van der Waals surface area contributed by atoms with Gasteiger partial charge < -0.3 is 19.5 Å². The Bertz CT molecular complexity index is 581. The number of nitrogens with zero attached hydrogens (tertiary/aromatic N) is 3. The number of fused-ring (bicyclic) bond motifs is 1. The smallest absolute Gasteiger partial charge is 0.318 e. The van der Waals surface area contributed by atoms with Crippen molar-refractivity contribution in [3.05, 3.63) is 11.7 Å². The molecule has 1 aliphatic carbocycles. The van der Waals surface area contributed by atoms with Gasteiger partial charge in [-0.2, -0.15) is 4.98 Å². The van der Waals surface area contributed by atoms with Gasteiger partial charge in [0.2, 0.25) is 5.89 Å². The third-order valence-corrected chi connectivity index (χ3v) is 5.10. The highest BCUT2D eigenvalue weighted by molar-refractivity contribution is 5.75. The second-order valence-electron chi connectivity index (χ2n) is 7.31. The van der Waals surface area contributed by atoms with E-state index in [0.717, 1.165) is 26.0 Å². The number of likely N-dealkylation sites (tertiary alicyclic amines) is 1. The lowest BCUT2D eigenvalue weighted by Crippen LogP contribution is -2.44. The van der Waals surface area contributed by atoms with Crippen LogP contribution in [-0.4, -0.2) is 46.9 Å². The maximum atomic E-state index is 12.5. The fraction of sp³-hybridized carbons (Fsp3) is 0.800. The monoisotopic (exact) mass is 306 g/mol. The zero-order chi connectivity index (χ0) is 15.3. The third-order valence-electron chi connectivity index (χ3n) is 5.10. The van der Waals surface area contributed by atoms with Crippen molar-refractivity contribution < 1.29 is 14.1 Å². The van der Waals surface area contributed by atoms with Crippen LogP contribution in [0.5, 0.6) is 0 Å². The van der Waals surface area contributed by atoms with Crippen LogP contribution in [0.15, 0.2) is 4.52 Å². The van der Waals surface area contributed by atoms with E-state index in [9.17, 15) is 4.79 Å². The Kier molecular flexibility index (Phi) is 3.14. The molecule has 3 aliphatic rings. The standard InChI is InChI=1S/C15H22N4O3/c1-15(2)8-19(11-7-21-6-10(11)15)14(20)16-5-12-17-13(22-18-12)9-3-4-9/h9-11H,3-8H2,1-2H3,(H,16,20)/t10-,11+/m0/s1. The summed E-state index contributed by atoms with van der Waals surface area (Å²) in [5, 5.41) is 6.84. The second-order valence-corrected chi connectivity index (χ2v) is 7.31. The summed E-state index contributed by atoms with van der Waals surface area (Å²) in [6.45, 7) is 6.86. The second kappa shape index (κ2) is 4.94. The Labute approximate surface area is 129 Å². The van der Waals surface area contributed by atoms with E-state index in [1.807, 2.05) is 4.90 Å². The summed E-state index contributed by atoms with van der Waals surface area (Å²) in [7, 11) is 0. The number of carbonyl (C=O) groups excluding carboxylic acids is 1. The van der Waals surface area contributed by atoms with Crippen molar-refractivity contribution in [3.63, 3.8) is 0 Å². The van der Waals surface area contributed by atoms with Crippen LogP contribution in [0.1, 0.15) is 44.3 Å². The van der Waals surface area contributed by atoms with Gasteiger partial charge in [0.1, 0.15) is 0 Å². The fourth-order valence-electron chi connectivity index (χ4n) is 3.58. The van der Waals surface area contributed by atoms with Crippen molar-refractivity contribution >= 4 is 6.03 Å². The molecule has 7 nitrogen and oxygen atoms in total. The topological polar surface area (TPSA) is 80.5 Å². The van der Waals surface area contributed by atoms with Crippen molar-refractivity contribution in [1.29, 1.82) is 0 Å². The van der Waals surface area contributed by atoms with E-state index < -0.39 is 0 Å². The molecule has 1 saturated carbocycles. The molecule has 0 spiro atoms. The van der Waals surface area contributed by atoms with E-state index in [2.05, 4.69) is 29.3 Å². The molecule has 0 unspecified atom stereocenters. The molecule has 2 aliphatic heterocycles. The molecule has 7 heteroatoms. The van der Waals surface area contributed by atoms with Crippen molar-refractivity contribution in [1.82, 2.24) is 20.4 Å². The predicted octanol–water partition coefficient (Wildman–Crippen LogP) is 1.51. The lowest BCUT2D eigenvalue weighted by Gasteiger charge is -2.24. The summed E-state index contributed by atoms with van der Waals surface area (Å²) in [6.07, 6.45) is 2.25. The van der Waals surface area contributed by atoms with Crippen molar-refractivity contribution in [3.8, 4) is 0 Å². The SMILES string of the molecule is CC1(C)CN(C(=O)NCc2noc(C3CC3)n2)[C@@H]2COC[C@@H]21. The van der Waals surface area contributed by atoms with Crippen molar-refractivity contribution in [2.75, 3.05) is 19.8 Å². The maximum Gasteiger partial charge on any atom is 0.318 e. The molecular weight excluding hydrogens is 284 g/mol. The van der Waals surface area contributed by atoms with E-state index in [4.69, 9.17) is 9.26 Å². The van der Waals surface area contributed by atoms with Crippen molar-refractivity contribution in [2.24, 2.45) is 11.3 Å². The summed E-state index contributed by atoms with van der Waals surface area (Å²) in [5.41, 5.74) is 0.101. The molecule has 1 N–H and O–H groups in total. The van der Waals surface area contributed by atoms with Gasteiger partial charge in [-0.05, 0) is 18.3 Å². The highest BCUT2D eigenvalue weighted by atomic mass is 16.5. The average molecular weight is 306 g/mol. The molecule has 2 saturated heterocycles. The van der Waals surface area contributed by atoms with Crippen LogP contribution in [0, 0.1) is 11.3 Å². The number of amides is 2. The Balaban J connectivity index is 1.37. The molecule has 0 bridgehead atoms. The molecule has 0 radical (unpaired) electrons. The molecule has 3 heterocycles. The highest BCUT2D eigenvalue weighted by Gasteiger charge is 2.51. The molecule has 1 aromatic rings. The normalized spacial score (nSPS) is 29.6. The van der Waals surface area contributed by atoms with Gasteiger partial charge in [-0.3, -0.25) is 0 Å². The Morgan fingerprint density at radius 1 is 1.41 bits per heavy atom. The number of ether oxygens (including phenoxy) is 1. The van der Waals surface area contributed by atoms with Crippen LogP contribution in [0.3, 0.4) is 0 Å². The minimum absolute atomic E-state index is 0.0659. The minimum atomic E-state index is -0.0659. The summed E-state index contributed by atoms with van der Waals surface area (Å²) in [5.74, 6) is 2.11. The number of urea groups is 1. The van der Waals surface area contributed by atoms with Gasteiger partial charge in [-0.15, -0.1) is 0 Å². The number of carbonyl (C=O) groups is 1. The summed E-state index contributed by atoms with van der Waals surface area (Å²) >= 11 is 0. The first-order valence-corrected chi connectivity index (χ1v) is 7.99. The summed E-state index contributed by atoms with van der Waals surface area (Å²) < 4.78 is 10.8. The number of hydrogen-bond donors (Lipinski definition) is 1. The lowest BCUT2D eigenvalue weighted by molar-refractivity contribution is 0.124. The molecule has 4 rings (SSSR count). The summed E-state index contributed by atoms with van der Waals surface area (Å²) in [6, 6.07) is 0.117. The molecule has 3 fully saturated rings. The number of rotatable bonds is 3. The first-order valence-electron chi connectivity index (χ1n) is 7.99. The number of hydrogen-bond acceptors (Lipinski definition) is 5. The molecule has 1 aromatic heterocycles. The van der Waals surface area contributed by atoms with Gasteiger partial charge in [0.15, 0.2) is 5.82 Å². The zero-order valence-electron chi connectivity index (χ0n) is 13.0. The first kappa shape index (κ1) is 14.0. The van der Waals surface area contributed by atoms with Crippen molar-refractivity contribution in [2.45, 2.75) is 45.2 Å². The van der Waals surface area contributed by atoms with Gasteiger partial charge in [0.05, 0.1) is 25.8 Å². The van der Waals surface area contributed by atoms with Gasteiger partial charge >= 0.3 is 6.03 Å². The molecule has 120 valence electrons. The van der Waals surface area contributed by atoms with E-state index in [-0.39, 0.29) is 17.5 Å². The fourth-order valence-corrected chi connectivity index (χ4v) is 3.58. The predicted molar refractivity (Wildman–Crippen MR) is 77.1 cm³/mol.